The Morgan fingerprint density at radius 2 is 1.92 bits per heavy atom. The van der Waals surface area contributed by atoms with Gasteiger partial charge in [0, 0.05) is 13.1 Å². The number of hydrogen-bond donors (Lipinski definition) is 0. The van der Waals surface area contributed by atoms with Gasteiger partial charge >= 0.3 is 0 Å². The summed E-state index contributed by atoms with van der Waals surface area (Å²) in [5, 5.41) is 0. The van der Waals surface area contributed by atoms with Gasteiger partial charge in [-0.3, -0.25) is 4.79 Å². The fourth-order valence-electron chi connectivity index (χ4n) is 0.678. The highest BCUT2D eigenvalue weighted by Crippen LogP contribution is 2.18. The molecule has 4 heteroatoms. The molecule has 72 valence electrons. The Bertz CT molecular complexity index is 163. The van der Waals surface area contributed by atoms with Crippen LogP contribution in [0.25, 0.3) is 0 Å². The van der Waals surface area contributed by atoms with Crippen molar-refractivity contribution in [3.05, 3.63) is 0 Å². The summed E-state index contributed by atoms with van der Waals surface area (Å²) in [5.74, 6) is -3.42. The Labute approximate surface area is 71.5 Å². The van der Waals surface area contributed by atoms with Gasteiger partial charge in [-0.1, -0.05) is 0 Å². The molecule has 12 heavy (non-hydrogen) atoms. The molecule has 0 bridgehead atoms. The van der Waals surface area contributed by atoms with E-state index in [-0.39, 0.29) is 6.04 Å². The van der Waals surface area contributed by atoms with Gasteiger partial charge in [-0.15, -0.1) is 0 Å². The highest BCUT2D eigenvalue weighted by molar-refractivity contribution is 5.76. The highest BCUT2D eigenvalue weighted by Gasteiger charge is 2.27. The van der Waals surface area contributed by atoms with Crippen molar-refractivity contribution in [1.82, 2.24) is 4.90 Å². The molecular weight excluding hydrogens is 164 g/mol. The van der Waals surface area contributed by atoms with Gasteiger partial charge in [0.1, 0.15) is 0 Å². The molecule has 0 aliphatic rings. The second-order valence-electron chi connectivity index (χ2n) is 3.35. The third-order valence-corrected chi connectivity index (χ3v) is 1.63. The van der Waals surface area contributed by atoms with Crippen LogP contribution in [-0.2, 0) is 4.79 Å². The minimum Gasteiger partial charge on any atom is -0.343 e. The second kappa shape index (κ2) is 3.83. The SMILES string of the molecule is CC(C)N(C)C(=O)CC(C)(F)F. The fourth-order valence-corrected chi connectivity index (χ4v) is 0.678. The molecule has 0 unspecified atom stereocenters. The minimum absolute atomic E-state index is 0.0279. The molecule has 0 aromatic carbocycles. The summed E-state index contributed by atoms with van der Waals surface area (Å²) in [6, 6.07) is -0.0279. The first-order valence-electron chi connectivity index (χ1n) is 3.87. The lowest BCUT2D eigenvalue weighted by Gasteiger charge is -2.22. The lowest BCUT2D eigenvalue weighted by atomic mass is 10.2. The van der Waals surface area contributed by atoms with E-state index in [0.717, 1.165) is 6.92 Å². The normalized spacial score (nSPS) is 11.9. The van der Waals surface area contributed by atoms with Gasteiger partial charge in [0.2, 0.25) is 5.91 Å². The first-order chi connectivity index (χ1) is 5.24. The first kappa shape index (κ1) is 11.3. The maximum absolute atomic E-state index is 12.3. The summed E-state index contributed by atoms with van der Waals surface area (Å²) in [5.41, 5.74) is 0. The van der Waals surface area contributed by atoms with Gasteiger partial charge in [0.25, 0.3) is 5.92 Å². The molecule has 0 aliphatic carbocycles. The van der Waals surface area contributed by atoms with Crippen LogP contribution >= 0.6 is 0 Å². The third-order valence-electron chi connectivity index (χ3n) is 1.63. The summed E-state index contributed by atoms with van der Waals surface area (Å²) in [6.07, 6.45) is -0.707. The van der Waals surface area contributed by atoms with Crippen molar-refractivity contribution in [2.24, 2.45) is 0 Å². The molecule has 0 aliphatic heterocycles. The Morgan fingerprint density at radius 3 is 2.17 bits per heavy atom. The van der Waals surface area contributed by atoms with E-state index in [4.69, 9.17) is 0 Å². The molecule has 0 heterocycles. The molecular formula is C8H15F2NO. The van der Waals surface area contributed by atoms with Crippen LogP contribution < -0.4 is 0 Å². The molecule has 2 nitrogen and oxygen atoms in total. The van der Waals surface area contributed by atoms with E-state index in [0.29, 0.717) is 0 Å². The van der Waals surface area contributed by atoms with Crippen molar-refractivity contribution < 1.29 is 13.6 Å². The lowest BCUT2D eigenvalue weighted by Crippen LogP contribution is -2.36. The van der Waals surface area contributed by atoms with E-state index >= 15 is 0 Å². The van der Waals surface area contributed by atoms with Crippen LogP contribution in [-0.4, -0.2) is 29.8 Å². The van der Waals surface area contributed by atoms with Gasteiger partial charge in [0.15, 0.2) is 0 Å². The van der Waals surface area contributed by atoms with Crippen LogP contribution in [0.2, 0.25) is 0 Å². The maximum Gasteiger partial charge on any atom is 0.254 e. The van der Waals surface area contributed by atoms with E-state index < -0.39 is 18.3 Å². The Hall–Kier alpha value is -0.670. The summed E-state index contributed by atoms with van der Waals surface area (Å²) in [7, 11) is 1.53. The standard InChI is InChI=1S/C8H15F2NO/c1-6(2)11(4)7(12)5-8(3,9)10/h6H,5H2,1-4H3. The summed E-state index contributed by atoms with van der Waals surface area (Å²) < 4.78 is 24.7. The van der Waals surface area contributed by atoms with Gasteiger partial charge < -0.3 is 4.90 Å². The van der Waals surface area contributed by atoms with Crippen LogP contribution in [0.1, 0.15) is 27.2 Å². The quantitative estimate of drug-likeness (QED) is 0.648. The third kappa shape index (κ3) is 4.26. The van der Waals surface area contributed by atoms with Crippen LogP contribution in [0.4, 0.5) is 8.78 Å². The Kier molecular flexibility index (Phi) is 3.61. The molecule has 0 radical (unpaired) electrons. The molecule has 0 aromatic rings. The smallest absolute Gasteiger partial charge is 0.254 e. The van der Waals surface area contributed by atoms with Crippen LogP contribution in [0.15, 0.2) is 0 Å². The van der Waals surface area contributed by atoms with E-state index in [1.54, 1.807) is 13.8 Å². The first-order valence-corrected chi connectivity index (χ1v) is 3.87. The number of halogens is 2. The Morgan fingerprint density at radius 1 is 1.50 bits per heavy atom. The minimum atomic E-state index is -2.90. The van der Waals surface area contributed by atoms with Crippen molar-refractivity contribution >= 4 is 5.91 Å². The number of carbonyl (C=O) groups excluding carboxylic acids is 1. The predicted octanol–water partition coefficient (Wildman–Crippen LogP) is 1.90. The largest absolute Gasteiger partial charge is 0.343 e. The number of amides is 1. The molecule has 0 atom stereocenters. The monoisotopic (exact) mass is 179 g/mol. The number of alkyl halides is 2. The molecule has 0 fully saturated rings. The zero-order valence-electron chi connectivity index (χ0n) is 7.90. The topological polar surface area (TPSA) is 20.3 Å². The van der Waals surface area contributed by atoms with Crippen LogP contribution in [0, 0.1) is 0 Å². The van der Waals surface area contributed by atoms with Crippen molar-refractivity contribution in [3.8, 4) is 0 Å². The summed E-state index contributed by atoms with van der Waals surface area (Å²) >= 11 is 0. The van der Waals surface area contributed by atoms with E-state index in [1.165, 1.54) is 11.9 Å². The van der Waals surface area contributed by atoms with E-state index in [2.05, 4.69) is 0 Å². The van der Waals surface area contributed by atoms with Crippen molar-refractivity contribution in [1.29, 1.82) is 0 Å². The lowest BCUT2D eigenvalue weighted by molar-refractivity contribution is -0.137. The molecule has 0 spiro atoms. The number of carbonyl (C=O) groups is 1. The van der Waals surface area contributed by atoms with Crippen molar-refractivity contribution in [2.75, 3.05) is 7.05 Å². The second-order valence-corrected chi connectivity index (χ2v) is 3.35. The van der Waals surface area contributed by atoms with Crippen LogP contribution in [0.3, 0.4) is 0 Å². The molecule has 0 N–H and O–H groups in total. The van der Waals surface area contributed by atoms with Gasteiger partial charge in [0.05, 0.1) is 6.42 Å². The summed E-state index contributed by atoms with van der Waals surface area (Å²) in [6.45, 7) is 4.32. The van der Waals surface area contributed by atoms with Crippen LogP contribution in [0.5, 0.6) is 0 Å². The van der Waals surface area contributed by atoms with Gasteiger partial charge in [-0.25, -0.2) is 8.78 Å². The van der Waals surface area contributed by atoms with Gasteiger partial charge in [-0.2, -0.15) is 0 Å². The van der Waals surface area contributed by atoms with E-state index in [9.17, 15) is 13.6 Å². The predicted molar refractivity (Wildman–Crippen MR) is 43.1 cm³/mol. The zero-order valence-corrected chi connectivity index (χ0v) is 7.90. The zero-order chi connectivity index (χ0) is 9.94. The van der Waals surface area contributed by atoms with Gasteiger partial charge in [-0.05, 0) is 20.8 Å². The average Bonchev–Trinajstić information content (AvgIpc) is 1.82. The van der Waals surface area contributed by atoms with Crippen molar-refractivity contribution in [2.45, 2.75) is 39.2 Å². The summed E-state index contributed by atoms with van der Waals surface area (Å²) in [4.78, 5) is 12.4. The Balaban J connectivity index is 4.05. The van der Waals surface area contributed by atoms with Crippen molar-refractivity contribution in [3.63, 3.8) is 0 Å². The molecule has 0 rings (SSSR count). The number of nitrogens with zero attached hydrogens (tertiary/aromatic N) is 1. The number of hydrogen-bond acceptors (Lipinski definition) is 1. The molecule has 1 amide bonds. The maximum atomic E-state index is 12.3. The fraction of sp³-hybridized carbons (Fsp3) is 0.875. The average molecular weight is 179 g/mol. The molecule has 0 saturated carbocycles. The molecule has 0 aromatic heterocycles. The molecule has 0 saturated heterocycles. The number of rotatable bonds is 3. The highest BCUT2D eigenvalue weighted by atomic mass is 19.3. The van der Waals surface area contributed by atoms with E-state index in [1.807, 2.05) is 0 Å².